The second kappa shape index (κ2) is 8.04. The second-order valence-electron chi connectivity index (χ2n) is 6.70. The Morgan fingerprint density at radius 1 is 0.900 bits per heavy atom. The molecule has 3 aromatic carbocycles. The van der Waals surface area contributed by atoms with E-state index in [9.17, 15) is 15.2 Å². The number of phenolic OH excluding ortho intramolecular Hbond substituents is 1. The Kier molecular flexibility index (Phi) is 5.13. The van der Waals surface area contributed by atoms with Crippen LogP contribution in [0.5, 0.6) is 5.75 Å². The minimum absolute atomic E-state index is 0.0463. The summed E-state index contributed by atoms with van der Waals surface area (Å²) in [6.07, 6.45) is 0.893. The standard InChI is InChI=1S/C22H19N5O3/c1-2-14-4-3-5-16(12-14)24-22-21(23-15-6-9-18(28)10-7-15)25-19-11-8-17(27(29)30)13-20(19)26-22/h3-13,28H,2H2,1H3,(H,23,25)(H,24,26). The smallest absolute Gasteiger partial charge is 0.271 e. The van der Waals surface area contributed by atoms with E-state index < -0.39 is 4.92 Å². The lowest BCUT2D eigenvalue weighted by molar-refractivity contribution is -0.384. The number of anilines is 4. The van der Waals surface area contributed by atoms with Crippen molar-refractivity contribution >= 4 is 39.7 Å². The maximum Gasteiger partial charge on any atom is 0.271 e. The fourth-order valence-electron chi connectivity index (χ4n) is 3.02. The van der Waals surface area contributed by atoms with E-state index >= 15 is 0 Å². The van der Waals surface area contributed by atoms with Crippen LogP contribution in [0.15, 0.2) is 66.7 Å². The molecule has 0 aliphatic heterocycles. The SMILES string of the molecule is CCc1cccc(Nc2nc3cc([N+](=O)[O-])ccc3nc2Nc2ccc(O)cc2)c1. The molecular weight excluding hydrogens is 382 g/mol. The molecule has 0 unspecified atom stereocenters. The highest BCUT2D eigenvalue weighted by atomic mass is 16.6. The van der Waals surface area contributed by atoms with Crippen LogP contribution in [-0.2, 0) is 6.42 Å². The zero-order chi connectivity index (χ0) is 21.1. The summed E-state index contributed by atoms with van der Waals surface area (Å²) in [6, 6.07) is 18.9. The van der Waals surface area contributed by atoms with Gasteiger partial charge in [-0.05, 0) is 54.4 Å². The van der Waals surface area contributed by atoms with E-state index in [1.807, 2.05) is 24.3 Å². The number of phenols is 1. The molecule has 0 atom stereocenters. The van der Waals surface area contributed by atoms with Gasteiger partial charge in [0.05, 0.1) is 16.0 Å². The summed E-state index contributed by atoms with van der Waals surface area (Å²) in [4.78, 5) is 19.9. The number of non-ortho nitro benzene ring substituents is 1. The zero-order valence-electron chi connectivity index (χ0n) is 16.2. The average Bonchev–Trinajstić information content (AvgIpc) is 2.75. The van der Waals surface area contributed by atoms with Gasteiger partial charge in [0, 0.05) is 23.5 Å². The number of hydrogen-bond acceptors (Lipinski definition) is 7. The van der Waals surface area contributed by atoms with Crippen molar-refractivity contribution in [3.05, 3.63) is 82.4 Å². The molecule has 1 heterocycles. The first kappa shape index (κ1) is 19.1. The molecule has 4 aromatic rings. The highest BCUT2D eigenvalue weighted by molar-refractivity contribution is 5.84. The van der Waals surface area contributed by atoms with Crippen molar-refractivity contribution in [2.75, 3.05) is 10.6 Å². The third-order valence-corrected chi connectivity index (χ3v) is 4.59. The van der Waals surface area contributed by atoms with Crippen LogP contribution in [0.1, 0.15) is 12.5 Å². The Morgan fingerprint density at radius 2 is 1.60 bits per heavy atom. The lowest BCUT2D eigenvalue weighted by Crippen LogP contribution is -2.04. The Morgan fingerprint density at radius 3 is 2.30 bits per heavy atom. The van der Waals surface area contributed by atoms with Crippen molar-refractivity contribution in [2.45, 2.75) is 13.3 Å². The molecule has 0 bridgehead atoms. The Bertz CT molecular complexity index is 1230. The first-order valence-corrected chi connectivity index (χ1v) is 9.40. The molecule has 8 heteroatoms. The number of aromatic hydroxyl groups is 1. The molecule has 0 spiro atoms. The number of aromatic nitrogens is 2. The quantitative estimate of drug-likeness (QED) is 0.228. The Balaban J connectivity index is 1.79. The number of aryl methyl sites for hydroxylation is 1. The van der Waals surface area contributed by atoms with Crippen LogP contribution >= 0.6 is 0 Å². The minimum Gasteiger partial charge on any atom is -0.508 e. The molecule has 4 rings (SSSR count). The van der Waals surface area contributed by atoms with Crippen molar-refractivity contribution in [1.82, 2.24) is 9.97 Å². The molecule has 30 heavy (non-hydrogen) atoms. The molecule has 0 aliphatic carbocycles. The van der Waals surface area contributed by atoms with Gasteiger partial charge >= 0.3 is 0 Å². The van der Waals surface area contributed by atoms with Crippen LogP contribution in [0.2, 0.25) is 0 Å². The molecule has 0 saturated heterocycles. The van der Waals surface area contributed by atoms with E-state index in [0.29, 0.717) is 28.4 Å². The molecule has 0 amide bonds. The van der Waals surface area contributed by atoms with Gasteiger partial charge in [0.2, 0.25) is 0 Å². The fourth-order valence-corrected chi connectivity index (χ4v) is 3.02. The molecule has 3 N–H and O–H groups in total. The number of hydrogen-bond donors (Lipinski definition) is 3. The average molecular weight is 401 g/mol. The van der Waals surface area contributed by atoms with Gasteiger partial charge in [0.25, 0.3) is 5.69 Å². The molecule has 0 aliphatic rings. The van der Waals surface area contributed by atoms with Crippen molar-refractivity contribution < 1.29 is 10.0 Å². The number of nitrogens with one attached hydrogen (secondary N) is 2. The summed E-state index contributed by atoms with van der Waals surface area (Å²) < 4.78 is 0. The summed E-state index contributed by atoms with van der Waals surface area (Å²) in [6.45, 7) is 2.08. The van der Waals surface area contributed by atoms with Crippen LogP contribution in [0, 0.1) is 10.1 Å². The second-order valence-corrected chi connectivity index (χ2v) is 6.70. The summed E-state index contributed by atoms with van der Waals surface area (Å²) >= 11 is 0. The predicted molar refractivity (Wildman–Crippen MR) is 117 cm³/mol. The molecule has 1 aromatic heterocycles. The lowest BCUT2D eigenvalue weighted by Gasteiger charge is -2.14. The van der Waals surface area contributed by atoms with Gasteiger partial charge in [-0.25, -0.2) is 9.97 Å². The number of benzene rings is 3. The van der Waals surface area contributed by atoms with E-state index in [0.717, 1.165) is 17.7 Å². The molecule has 0 saturated carbocycles. The third kappa shape index (κ3) is 4.12. The number of nitrogens with zero attached hydrogens (tertiary/aromatic N) is 3. The van der Waals surface area contributed by atoms with Gasteiger partial charge in [0.15, 0.2) is 11.6 Å². The molecule has 150 valence electrons. The number of nitro groups is 1. The van der Waals surface area contributed by atoms with E-state index in [2.05, 4.69) is 27.5 Å². The summed E-state index contributed by atoms with van der Waals surface area (Å²) in [7, 11) is 0. The third-order valence-electron chi connectivity index (χ3n) is 4.59. The highest BCUT2D eigenvalue weighted by Crippen LogP contribution is 2.29. The van der Waals surface area contributed by atoms with Gasteiger partial charge in [-0.1, -0.05) is 19.1 Å². The van der Waals surface area contributed by atoms with Crippen molar-refractivity contribution in [2.24, 2.45) is 0 Å². The van der Waals surface area contributed by atoms with Gasteiger partial charge in [0.1, 0.15) is 5.75 Å². The van der Waals surface area contributed by atoms with Crippen molar-refractivity contribution in [1.29, 1.82) is 0 Å². The first-order valence-electron chi connectivity index (χ1n) is 9.40. The van der Waals surface area contributed by atoms with E-state index in [-0.39, 0.29) is 11.4 Å². The van der Waals surface area contributed by atoms with Crippen LogP contribution in [-0.4, -0.2) is 20.0 Å². The minimum atomic E-state index is -0.457. The lowest BCUT2D eigenvalue weighted by atomic mass is 10.1. The number of rotatable bonds is 6. The van der Waals surface area contributed by atoms with Crippen LogP contribution in [0.25, 0.3) is 11.0 Å². The maximum atomic E-state index is 11.1. The Hall–Kier alpha value is -4.20. The Labute approximate surface area is 172 Å². The fraction of sp³-hybridized carbons (Fsp3) is 0.0909. The molecule has 8 nitrogen and oxygen atoms in total. The summed E-state index contributed by atoms with van der Waals surface area (Å²) in [5.41, 5.74) is 3.60. The topological polar surface area (TPSA) is 113 Å². The van der Waals surface area contributed by atoms with E-state index in [4.69, 9.17) is 0 Å². The predicted octanol–water partition coefficient (Wildman–Crippen LogP) is 5.29. The number of nitro benzene ring substituents is 1. The van der Waals surface area contributed by atoms with Gasteiger partial charge in [-0.3, -0.25) is 10.1 Å². The van der Waals surface area contributed by atoms with Gasteiger partial charge in [-0.2, -0.15) is 0 Å². The largest absolute Gasteiger partial charge is 0.508 e. The first-order chi connectivity index (χ1) is 14.5. The molecular formula is C22H19N5O3. The zero-order valence-corrected chi connectivity index (χ0v) is 16.2. The van der Waals surface area contributed by atoms with E-state index in [1.165, 1.54) is 12.1 Å². The van der Waals surface area contributed by atoms with Crippen LogP contribution < -0.4 is 10.6 Å². The van der Waals surface area contributed by atoms with Crippen LogP contribution in [0.3, 0.4) is 0 Å². The van der Waals surface area contributed by atoms with Gasteiger partial charge in [-0.15, -0.1) is 0 Å². The maximum absolute atomic E-state index is 11.1. The summed E-state index contributed by atoms with van der Waals surface area (Å²) in [5.74, 6) is 1.06. The van der Waals surface area contributed by atoms with Crippen molar-refractivity contribution in [3.63, 3.8) is 0 Å². The van der Waals surface area contributed by atoms with E-state index in [1.54, 1.807) is 30.3 Å². The molecule has 0 radical (unpaired) electrons. The monoisotopic (exact) mass is 401 g/mol. The highest BCUT2D eigenvalue weighted by Gasteiger charge is 2.14. The summed E-state index contributed by atoms with van der Waals surface area (Å²) in [5, 5.41) is 27.1. The normalized spacial score (nSPS) is 10.7. The number of fused-ring (bicyclic) bond motifs is 1. The van der Waals surface area contributed by atoms with Crippen LogP contribution in [0.4, 0.5) is 28.7 Å². The van der Waals surface area contributed by atoms with Crippen molar-refractivity contribution in [3.8, 4) is 5.75 Å². The molecule has 0 fully saturated rings. The van der Waals surface area contributed by atoms with Gasteiger partial charge < -0.3 is 15.7 Å².